The fraction of sp³-hybridized carbons (Fsp3) is 0.440. The van der Waals surface area contributed by atoms with Crippen molar-refractivity contribution < 1.29 is 18.8 Å². The molecule has 0 bridgehead atoms. The molecule has 0 radical (unpaired) electrons. The van der Waals surface area contributed by atoms with Crippen molar-refractivity contribution in [1.82, 2.24) is 15.2 Å². The lowest BCUT2D eigenvalue weighted by atomic mass is 9.95. The van der Waals surface area contributed by atoms with Gasteiger partial charge in [-0.25, -0.2) is 9.37 Å². The van der Waals surface area contributed by atoms with Crippen LogP contribution in [0, 0.1) is 11.7 Å². The summed E-state index contributed by atoms with van der Waals surface area (Å²) in [6.07, 6.45) is 7.56. The maximum atomic E-state index is 14.2. The fourth-order valence-electron chi connectivity index (χ4n) is 3.85. The van der Waals surface area contributed by atoms with Gasteiger partial charge in [0.1, 0.15) is 5.82 Å². The van der Waals surface area contributed by atoms with Crippen LogP contribution in [-0.4, -0.2) is 47.2 Å². The molecule has 1 saturated heterocycles. The number of piperidine rings is 1. The van der Waals surface area contributed by atoms with Crippen LogP contribution in [0.2, 0.25) is 0 Å². The minimum Gasteiger partial charge on any atom is -0.356 e. The summed E-state index contributed by atoms with van der Waals surface area (Å²) in [5, 5.41) is 5.04. The molecule has 7 nitrogen and oxygen atoms in total. The Morgan fingerprint density at radius 1 is 1.24 bits per heavy atom. The first kappa shape index (κ1) is 25.6. The second-order valence-electron chi connectivity index (χ2n) is 8.29. The monoisotopic (exact) mass is 486 g/mol. The summed E-state index contributed by atoms with van der Waals surface area (Å²) >= 11 is 1.20. The minimum atomic E-state index is -0.516. The molecule has 182 valence electrons. The minimum absolute atomic E-state index is 0.0494. The summed E-state index contributed by atoms with van der Waals surface area (Å²) in [5.41, 5.74) is 0.644. The predicted octanol–water partition coefficient (Wildman–Crippen LogP) is 4.53. The average Bonchev–Trinajstić information content (AvgIpc) is 3.30. The maximum absolute atomic E-state index is 14.2. The Labute approximate surface area is 203 Å². The molecule has 2 heterocycles. The van der Waals surface area contributed by atoms with Gasteiger partial charge in [0.05, 0.1) is 11.4 Å². The lowest BCUT2D eigenvalue weighted by Gasteiger charge is -2.30. The van der Waals surface area contributed by atoms with Crippen molar-refractivity contribution in [2.24, 2.45) is 5.92 Å². The number of para-hydroxylation sites is 1. The number of nitrogens with one attached hydrogen (secondary N) is 1. The van der Waals surface area contributed by atoms with E-state index in [9.17, 15) is 18.8 Å². The third-order valence-corrected chi connectivity index (χ3v) is 6.61. The number of anilines is 2. The number of nitrogens with zero attached hydrogens (tertiary/aromatic N) is 3. The number of carbonyl (C=O) groups is 3. The highest BCUT2D eigenvalue weighted by atomic mass is 32.1. The number of hydrogen-bond acceptors (Lipinski definition) is 5. The van der Waals surface area contributed by atoms with Crippen LogP contribution in [-0.2, 0) is 14.4 Å². The second kappa shape index (κ2) is 12.4. The van der Waals surface area contributed by atoms with E-state index in [1.54, 1.807) is 28.5 Å². The molecule has 9 heteroatoms. The summed E-state index contributed by atoms with van der Waals surface area (Å²) in [6, 6.07) is 6.02. The quantitative estimate of drug-likeness (QED) is 0.417. The van der Waals surface area contributed by atoms with Crippen molar-refractivity contribution in [1.29, 1.82) is 0 Å². The number of unbranched alkanes of at least 4 members (excludes halogenated alkanes) is 2. The topological polar surface area (TPSA) is 82.6 Å². The smallest absolute Gasteiger partial charge is 0.246 e. The van der Waals surface area contributed by atoms with Gasteiger partial charge in [-0.1, -0.05) is 31.9 Å². The first-order chi connectivity index (χ1) is 16.4. The highest BCUT2D eigenvalue weighted by Crippen LogP contribution is 2.31. The molecule has 0 saturated carbocycles. The third-order valence-electron chi connectivity index (χ3n) is 5.76. The van der Waals surface area contributed by atoms with Gasteiger partial charge in [0, 0.05) is 43.9 Å². The number of likely N-dealkylation sites (tertiary alicyclic amines) is 1. The van der Waals surface area contributed by atoms with Crippen molar-refractivity contribution in [3.05, 3.63) is 47.2 Å². The van der Waals surface area contributed by atoms with Gasteiger partial charge in [0.25, 0.3) is 0 Å². The van der Waals surface area contributed by atoms with Gasteiger partial charge < -0.3 is 10.2 Å². The predicted molar refractivity (Wildman–Crippen MR) is 132 cm³/mol. The van der Waals surface area contributed by atoms with E-state index in [4.69, 9.17) is 0 Å². The first-order valence-electron chi connectivity index (χ1n) is 11.7. The van der Waals surface area contributed by atoms with Crippen LogP contribution in [0.15, 0.2) is 35.7 Å². The van der Waals surface area contributed by atoms with Gasteiger partial charge in [0.15, 0.2) is 5.13 Å². The molecule has 3 rings (SSSR count). The number of halogens is 1. The molecule has 1 aliphatic heterocycles. The summed E-state index contributed by atoms with van der Waals surface area (Å²) in [4.78, 5) is 44.4. The zero-order valence-corrected chi connectivity index (χ0v) is 20.4. The summed E-state index contributed by atoms with van der Waals surface area (Å²) in [5.74, 6) is -0.985. The van der Waals surface area contributed by atoms with Crippen LogP contribution in [0.25, 0.3) is 6.08 Å². The lowest BCUT2D eigenvalue weighted by molar-refractivity contribution is -0.132. The molecule has 2 aromatic rings. The van der Waals surface area contributed by atoms with Gasteiger partial charge in [-0.3, -0.25) is 19.3 Å². The van der Waals surface area contributed by atoms with Crippen molar-refractivity contribution in [2.45, 2.75) is 46.0 Å². The zero-order chi connectivity index (χ0) is 24.5. The summed E-state index contributed by atoms with van der Waals surface area (Å²) < 4.78 is 14.2. The van der Waals surface area contributed by atoms with Crippen molar-refractivity contribution in [3.63, 3.8) is 0 Å². The molecule has 0 unspecified atom stereocenters. The van der Waals surface area contributed by atoms with E-state index in [1.807, 2.05) is 0 Å². The molecule has 1 aromatic heterocycles. The van der Waals surface area contributed by atoms with E-state index in [0.29, 0.717) is 43.3 Å². The Hall–Kier alpha value is -3.07. The van der Waals surface area contributed by atoms with Crippen molar-refractivity contribution >= 4 is 46.0 Å². The van der Waals surface area contributed by atoms with E-state index in [0.717, 1.165) is 19.3 Å². The van der Waals surface area contributed by atoms with Crippen LogP contribution in [0.5, 0.6) is 0 Å². The number of hydrogen-bond donors (Lipinski definition) is 1. The van der Waals surface area contributed by atoms with Crippen LogP contribution < -0.4 is 10.2 Å². The van der Waals surface area contributed by atoms with Crippen LogP contribution in [0.4, 0.5) is 15.2 Å². The number of aromatic nitrogens is 1. The van der Waals surface area contributed by atoms with E-state index >= 15 is 0 Å². The molecule has 1 aromatic carbocycles. The van der Waals surface area contributed by atoms with E-state index < -0.39 is 5.82 Å². The Balaban J connectivity index is 1.55. The lowest BCUT2D eigenvalue weighted by Crippen LogP contribution is -2.42. The standard InChI is InChI=1S/C25H31FN4O3S/c1-3-4-7-14-27-24(33)19-12-15-29(16-13-19)23(32)11-10-20-17-34-25(28-20)30(18(2)31)22-9-6-5-8-21(22)26/h5-6,8-11,17,19H,3-4,7,12-16H2,1-2H3,(H,27,33)/b11-10+. The van der Waals surface area contributed by atoms with Gasteiger partial charge in [0.2, 0.25) is 17.7 Å². The Bertz CT molecular complexity index is 1030. The molecular weight excluding hydrogens is 455 g/mol. The van der Waals surface area contributed by atoms with Gasteiger partial charge >= 0.3 is 0 Å². The molecule has 1 aliphatic rings. The molecule has 0 atom stereocenters. The van der Waals surface area contributed by atoms with Crippen LogP contribution in [0.3, 0.4) is 0 Å². The first-order valence-corrected chi connectivity index (χ1v) is 12.5. The van der Waals surface area contributed by atoms with Gasteiger partial charge in [-0.2, -0.15) is 0 Å². The Morgan fingerprint density at radius 3 is 2.65 bits per heavy atom. The van der Waals surface area contributed by atoms with Gasteiger partial charge in [-0.05, 0) is 37.5 Å². The number of carbonyl (C=O) groups excluding carboxylic acids is 3. The molecular formula is C25H31FN4O3S. The highest BCUT2D eigenvalue weighted by molar-refractivity contribution is 7.14. The number of benzene rings is 1. The third kappa shape index (κ3) is 6.72. The number of amides is 3. The van der Waals surface area contributed by atoms with E-state index in [2.05, 4.69) is 17.2 Å². The van der Waals surface area contributed by atoms with Gasteiger partial charge in [-0.15, -0.1) is 11.3 Å². The molecule has 3 amide bonds. The molecule has 0 aliphatic carbocycles. The number of thiazole rings is 1. The average molecular weight is 487 g/mol. The summed E-state index contributed by atoms with van der Waals surface area (Å²) in [6.45, 7) is 5.25. The SMILES string of the molecule is CCCCCNC(=O)C1CCN(C(=O)/C=C/c2csc(N(C(C)=O)c3ccccc3F)n2)CC1. The largest absolute Gasteiger partial charge is 0.356 e. The fourth-order valence-corrected chi connectivity index (χ4v) is 4.70. The normalized spacial score (nSPS) is 14.4. The molecule has 1 N–H and O–H groups in total. The molecule has 1 fully saturated rings. The molecule has 0 spiro atoms. The van der Waals surface area contributed by atoms with E-state index in [-0.39, 0.29) is 29.3 Å². The number of rotatable bonds is 9. The van der Waals surface area contributed by atoms with Crippen molar-refractivity contribution in [3.8, 4) is 0 Å². The summed E-state index contributed by atoms with van der Waals surface area (Å²) in [7, 11) is 0. The zero-order valence-electron chi connectivity index (χ0n) is 19.6. The Morgan fingerprint density at radius 2 is 1.97 bits per heavy atom. The molecule has 34 heavy (non-hydrogen) atoms. The van der Waals surface area contributed by atoms with E-state index in [1.165, 1.54) is 41.4 Å². The van der Waals surface area contributed by atoms with Crippen molar-refractivity contribution in [2.75, 3.05) is 24.5 Å². The second-order valence-corrected chi connectivity index (χ2v) is 9.13. The highest BCUT2D eigenvalue weighted by Gasteiger charge is 2.26. The van der Waals surface area contributed by atoms with Crippen LogP contribution in [0.1, 0.15) is 51.6 Å². The Kier molecular flexibility index (Phi) is 9.33. The maximum Gasteiger partial charge on any atom is 0.246 e. The van der Waals surface area contributed by atoms with Crippen LogP contribution >= 0.6 is 11.3 Å².